The van der Waals surface area contributed by atoms with E-state index in [1.807, 2.05) is 0 Å². The van der Waals surface area contributed by atoms with Gasteiger partial charge in [0.05, 0.1) is 46.2 Å². The van der Waals surface area contributed by atoms with Crippen LogP contribution in [0.3, 0.4) is 0 Å². The number of carbonyl (C=O) groups excluding carboxylic acids is 1. The van der Waals surface area contributed by atoms with E-state index in [0.29, 0.717) is 71.6 Å². The number of carbonyl (C=O) groups is 1. The summed E-state index contributed by atoms with van der Waals surface area (Å²) >= 11 is 0. The normalized spacial score (nSPS) is 11.3. The molecule has 0 aromatic rings. The van der Waals surface area contributed by atoms with Gasteiger partial charge < -0.3 is 23.7 Å². The maximum Gasteiger partial charge on any atom is 0.305 e. The summed E-state index contributed by atoms with van der Waals surface area (Å²) in [6.45, 7) is 11.9. The first kappa shape index (κ1) is 26.3. The van der Waals surface area contributed by atoms with Crippen LogP contribution in [0, 0.1) is 5.92 Å². The van der Waals surface area contributed by atoms with Gasteiger partial charge in [-0.25, -0.2) is 0 Å². The Morgan fingerprint density at radius 3 is 1.78 bits per heavy atom. The van der Waals surface area contributed by atoms with Gasteiger partial charge in [0, 0.05) is 19.6 Å². The molecule has 6 heteroatoms. The molecule has 0 unspecified atom stereocenters. The van der Waals surface area contributed by atoms with Crippen molar-refractivity contribution >= 4 is 5.97 Å². The van der Waals surface area contributed by atoms with E-state index < -0.39 is 0 Å². The van der Waals surface area contributed by atoms with Crippen molar-refractivity contribution in [1.29, 1.82) is 0 Å². The molecule has 0 aliphatic rings. The van der Waals surface area contributed by atoms with E-state index in [4.69, 9.17) is 23.7 Å². The molecule has 0 radical (unpaired) electrons. The first-order valence-electron chi connectivity index (χ1n) is 10.6. The van der Waals surface area contributed by atoms with Crippen LogP contribution in [-0.2, 0) is 28.5 Å². The fraction of sp³-hybridized carbons (Fsp3) is 0.952. The summed E-state index contributed by atoms with van der Waals surface area (Å²) in [6, 6.07) is 0. The van der Waals surface area contributed by atoms with Crippen molar-refractivity contribution < 1.29 is 28.5 Å². The van der Waals surface area contributed by atoms with Crippen LogP contribution in [0.1, 0.15) is 65.7 Å². The molecule has 0 rings (SSSR count). The Morgan fingerprint density at radius 2 is 1.22 bits per heavy atom. The number of ether oxygens (including phenoxy) is 5. The summed E-state index contributed by atoms with van der Waals surface area (Å²) in [7, 11) is 0. The highest BCUT2D eigenvalue weighted by Crippen LogP contribution is 2.01. The predicted molar refractivity (Wildman–Crippen MR) is 107 cm³/mol. The number of esters is 1. The Balaban J connectivity index is 3.11. The lowest BCUT2D eigenvalue weighted by atomic mass is 10.1. The first-order valence-corrected chi connectivity index (χ1v) is 10.6. The van der Waals surface area contributed by atoms with Crippen molar-refractivity contribution in [2.24, 2.45) is 5.92 Å². The zero-order chi connectivity index (χ0) is 20.0. The van der Waals surface area contributed by atoms with Crippen molar-refractivity contribution in [3.05, 3.63) is 0 Å². The third-order valence-electron chi connectivity index (χ3n) is 3.89. The van der Waals surface area contributed by atoms with Crippen LogP contribution in [0.5, 0.6) is 0 Å². The first-order chi connectivity index (χ1) is 13.2. The lowest BCUT2D eigenvalue weighted by Gasteiger charge is -2.08. The number of unbranched alkanes of at least 4 members (excludes halogenated alkanes) is 3. The average molecular weight is 391 g/mol. The Bertz CT molecular complexity index is 309. The number of rotatable bonds is 21. The summed E-state index contributed by atoms with van der Waals surface area (Å²) < 4.78 is 26.9. The molecular formula is C21H42O6. The van der Waals surface area contributed by atoms with Gasteiger partial charge in [-0.05, 0) is 25.2 Å². The summed E-state index contributed by atoms with van der Waals surface area (Å²) in [5, 5.41) is 0. The maximum atomic E-state index is 11.5. The molecule has 0 N–H and O–H groups in total. The van der Waals surface area contributed by atoms with Crippen molar-refractivity contribution in [3.63, 3.8) is 0 Å². The van der Waals surface area contributed by atoms with Crippen LogP contribution in [0.25, 0.3) is 0 Å². The van der Waals surface area contributed by atoms with Crippen molar-refractivity contribution in [2.45, 2.75) is 65.7 Å². The van der Waals surface area contributed by atoms with Crippen molar-refractivity contribution in [1.82, 2.24) is 0 Å². The topological polar surface area (TPSA) is 63.2 Å². The highest BCUT2D eigenvalue weighted by molar-refractivity contribution is 5.69. The van der Waals surface area contributed by atoms with Crippen LogP contribution in [-0.4, -0.2) is 65.4 Å². The standard InChI is InChI=1S/C21H42O6/c1-4-5-6-7-12-27-21(22)9-8-11-23-14-16-25-18-19-26-17-15-24-13-10-20(2)3/h20H,4-19H2,1-3H3. The lowest BCUT2D eigenvalue weighted by Crippen LogP contribution is -2.13. The molecule has 0 aromatic heterocycles. The fourth-order valence-corrected chi connectivity index (χ4v) is 2.19. The number of hydrogen-bond donors (Lipinski definition) is 0. The third-order valence-corrected chi connectivity index (χ3v) is 3.89. The second-order valence-electron chi connectivity index (χ2n) is 7.02. The minimum Gasteiger partial charge on any atom is -0.466 e. The molecule has 0 saturated heterocycles. The molecule has 0 aliphatic heterocycles. The minimum atomic E-state index is -0.128. The average Bonchev–Trinajstić information content (AvgIpc) is 2.64. The van der Waals surface area contributed by atoms with E-state index in [-0.39, 0.29) is 5.97 Å². The zero-order valence-electron chi connectivity index (χ0n) is 17.8. The summed E-state index contributed by atoms with van der Waals surface area (Å²) in [5.74, 6) is 0.548. The van der Waals surface area contributed by atoms with E-state index >= 15 is 0 Å². The molecule has 0 heterocycles. The van der Waals surface area contributed by atoms with E-state index in [1.54, 1.807) is 0 Å². The maximum absolute atomic E-state index is 11.5. The van der Waals surface area contributed by atoms with Crippen LogP contribution in [0.2, 0.25) is 0 Å². The van der Waals surface area contributed by atoms with Gasteiger partial charge in [0.2, 0.25) is 0 Å². The Morgan fingerprint density at radius 1 is 0.667 bits per heavy atom. The van der Waals surface area contributed by atoms with Gasteiger partial charge in [-0.3, -0.25) is 4.79 Å². The largest absolute Gasteiger partial charge is 0.466 e. The molecular weight excluding hydrogens is 348 g/mol. The van der Waals surface area contributed by atoms with Crippen molar-refractivity contribution in [2.75, 3.05) is 59.5 Å². The zero-order valence-corrected chi connectivity index (χ0v) is 17.8. The number of hydrogen-bond acceptors (Lipinski definition) is 6. The molecule has 6 nitrogen and oxygen atoms in total. The quantitative estimate of drug-likeness (QED) is 0.218. The highest BCUT2D eigenvalue weighted by Gasteiger charge is 2.02. The lowest BCUT2D eigenvalue weighted by molar-refractivity contribution is -0.144. The molecule has 0 spiro atoms. The van der Waals surface area contributed by atoms with Gasteiger partial charge in [0.25, 0.3) is 0 Å². The van der Waals surface area contributed by atoms with Gasteiger partial charge in [-0.2, -0.15) is 0 Å². The fourth-order valence-electron chi connectivity index (χ4n) is 2.19. The van der Waals surface area contributed by atoms with E-state index in [1.165, 1.54) is 12.8 Å². The molecule has 0 fully saturated rings. The third kappa shape index (κ3) is 23.3. The molecule has 162 valence electrons. The molecule has 0 atom stereocenters. The van der Waals surface area contributed by atoms with E-state index in [9.17, 15) is 4.79 Å². The Labute approximate surface area is 166 Å². The van der Waals surface area contributed by atoms with E-state index in [2.05, 4.69) is 20.8 Å². The molecule has 0 amide bonds. The molecule has 27 heavy (non-hydrogen) atoms. The van der Waals surface area contributed by atoms with Crippen LogP contribution >= 0.6 is 0 Å². The van der Waals surface area contributed by atoms with Crippen LogP contribution in [0.4, 0.5) is 0 Å². The van der Waals surface area contributed by atoms with Crippen molar-refractivity contribution in [3.8, 4) is 0 Å². The minimum absolute atomic E-state index is 0.128. The summed E-state index contributed by atoms with van der Waals surface area (Å²) in [4.78, 5) is 11.5. The molecule has 0 bridgehead atoms. The molecule has 0 aliphatic carbocycles. The Kier molecular flexibility index (Phi) is 21.1. The molecule has 0 saturated carbocycles. The van der Waals surface area contributed by atoms with Gasteiger partial charge in [0.15, 0.2) is 0 Å². The van der Waals surface area contributed by atoms with Crippen LogP contribution in [0.15, 0.2) is 0 Å². The Hall–Kier alpha value is -0.690. The predicted octanol–water partition coefficient (Wildman–Crippen LogP) is 4.00. The SMILES string of the molecule is CCCCCCOC(=O)CCCOCCOCCOCCOCCC(C)C. The van der Waals surface area contributed by atoms with E-state index in [0.717, 1.165) is 25.9 Å². The van der Waals surface area contributed by atoms with Gasteiger partial charge in [-0.15, -0.1) is 0 Å². The summed E-state index contributed by atoms with van der Waals surface area (Å²) in [5.41, 5.74) is 0. The highest BCUT2D eigenvalue weighted by atomic mass is 16.6. The smallest absolute Gasteiger partial charge is 0.305 e. The van der Waals surface area contributed by atoms with Gasteiger partial charge in [0.1, 0.15) is 0 Å². The van der Waals surface area contributed by atoms with Gasteiger partial charge in [-0.1, -0.05) is 40.0 Å². The van der Waals surface area contributed by atoms with Gasteiger partial charge >= 0.3 is 5.97 Å². The van der Waals surface area contributed by atoms with Crippen LogP contribution < -0.4 is 0 Å². The second-order valence-corrected chi connectivity index (χ2v) is 7.02. The second kappa shape index (κ2) is 21.6. The monoisotopic (exact) mass is 390 g/mol. The summed E-state index contributed by atoms with van der Waals surface area (Å²) in [6.07, 6.45) is 6.67. The molecule has 0 aromatic carbocycles.